The summed E-state index contributed by atoms with van der Waals surface area (Å²) in [6.07, 6.45) is 2.83. The fourth-order valence-electron chi connectivity index (χ4n) is 2.22. The molecule has 0 aromatic heterocycles. The van der Waals surface area contributed by atoms with Crippen molar-refractivity contribution >= 4 is 50.9 Å². The van der Waals surface area contributed by atoms with Gasteiger partial charge in [-0.3, -0.25) is 14.9 Å². The number of nitro benzene ring substituents is 1. The van der Waals surface area contributed by atoms with Gasteiger partial charge in [-0.2, -0.15) is 0 Å². The predicted octanol–water partition coefficient (Wildman–Crippen LogP) is 5.28. The van der Waals surface area contributed by atoms with Gasteiger partial charge < -0.3 is 5.32 Å². The number of aryl methyl sites for hydroxylation is 2. The zero-order valence-corrected chi connectivity index (χ0v) is 15.3. The SMILES string of the molecule is Cc1cc(Br)cc(C)c1NC(=O)/C=C/c1ccc(Cl)c([N+](=O)[O-])c1. The van der Waals surface area contributed by atoms with Crippen LogP contribution in [-0.4, -0.2) is 10.8 Å². The fourth-order valence-corrected chi connectivity index (χ4v) is 3.09. The molecule has 0 aliphatic carbocycles. The Bertz CT molecular complexity index is 827. The Morgan fingerprint density at radius 2 is 1.88 bits per heavy atom. The first-order valence-electron chi connectivity index (χ1n) is 6.97. The van der Waals surface area contributed by atoms with E-state index in [1.54, 1.807) is 6.07 Å². The Labute approximate surface area is 152 Å². The number of benzene rings is 2. The minimum Gasteiger partial charge on any atom is -0.322 e. The number of carbonyl (C=O) groups excluding carboxylic acids is 1. The molecular weight excluding hydrogens is 396 g/mol. The molecule has 0 bridgehead atoms. The highest BCUT2D eigenvalue weighted by Crippen LogP contribution is 2.26. The van der Waals surface area contributed by atoms with E-state index in [0.717, 1.165) is 21.3 Å². The number of rotatable bonds is 4. The molecule has 1 N–H and O–H groups in total. The Morgan fingerprint density at radius 3 is 2.46 bits per heavy atom. The van der Waals surface area contributed by atoms with E-state index in [-0.39, 0.29) is 16.6 Å². The highest BCUT2D eigenvalue weighted by Gasteiger charge is 2.12. The zero-order valence-electron chi connectivity index (χ0n) is 13.0. The van der Waals surface area contributed by atoms with E-state index >= 15 is 0 Å². The van der Waals surface area contributed by atoms with Crippen LogP contribution >= 0.6 is 27.5 Å². The molecule has 0 aliphatic rings. The maximum atomic E-state index is 12.1. The van der Waals surface area contributed by atoms with Crippen LogP contribution < -0.4 is 5.32 Å². The molecule has 5 nitrogen and oxygen atoms in total. The van der Waals surface area contributed by atoms with E-state index < -0.39 is 4.92 Å². The lowest BCUT2D eigenvalue weighted by Crippen LogP contribution is -2.10. The van der Waals surface area contributed by atoms with Crippen LogP contribution in [-0.2, 0) is 4.79 Å². The molecule has 0 saturated heterocycles. The van der Waals surface area contributed by atoms with Gasteiger partial charge in [0.1, 0.15) is 5.02 Å². The van der Waals surface area contributed by atoms with Crippen LogP contribution in [0.2, 0.25) is 5.02 Å². The van der Waals surface area contributed by atoms with E-state index in [4.69, 9.17) is 11.6 Å². The number of hydrogen-bond donors (Lipinski definition) is 1. The molecule has 0 aliphatic heterocycles. The van der Waals surface area contributed by atoms with Gasteiger partial charge in [0.15, 0.2) is 0 Å². The fraction of sp³-hybridized carbons (Fsp3) is 0.118. The van der Waals surface area contributed by atoms with Gasteiger partial charge in [-0.05, 0) is 54.8 Å². The molecule has 1 amide bonds. The van der Waals surface area contributed by atoms with Crippen LogP contribution in [0.3, 0.4) is 0 Å². The second-order valence-electron chi connectivity index (χ2n) is 5.21. The molecule has 24 heavy (non-hydrogen) atoms. The second-order valence-corrected chi connectivity index (χ2v) is 6.53. The topological polar surface area (TPSA) is 72.2 Å². The number of anilines is 1. The number of nitrogens with zero attached hydrogens (tertiary/aromatic N) is 1. The third kappa shape index (κ3) is 4.43. The molecule has 0 spiro atoms. The quantitative estimate of drug-likeness (QED) is 0.424. The average molecular weight is 410 g/mol. The summed E-state index contributed by atoms with van der Waals surface area (Å²) in [6, 6.07) is 8.18. The molecule has 0 unspecified atom stereocenters. The van der Waals surface area contributed by atoms with Crippen LogP contribution in [0, 0.1) is 24.0 Å². The van der Waals surface area contributed by atoms with Crippen molar-refractivity contribution in [3.05, 3.63) is 72.7 Å². The Balaban J connectivity index is 2.17. The van der Waals surface area contributed by atoms with Crippen molar-refractivity contribution in [1.82, 2.24) is 0 Å². The van der Waals surface area contributed by atoms with E-state index in [2.05, 4.69) is 21.2 Å². The molecule has 2 aromatic carbocycles. The number of amides is 1. The van der Waals surface area contributed by atoms with Crippen molar-refractivity contribution < 1.29 is 9.72 Å². The van der Waals surface area contributed by atoms with E-state index in [1.165, 1.54) is 24.3 Å². The summed E-state index contributed by atoms with van der Waals surface area (Å²) >= 11 is 9.17. The summed E-state index contributed by atoms with van der Waals surface area (Å²) in [4.78, 5) is 22.4. The average Bonchev–Trinajstić information content (AvgIpc) is 2.49. The Hall–Kier alpha value is -2.18. The molecule has 124 valence electrons. The van der Waals surface area contributed by atoms with Gasteiger partial charge in [-0.15, -0.1) is 0 Å². The van der Waals surface area contributed by atoms with Gasteiger partial charge in [0.25, 0.3) is 5.69 Å². The molecule has 0 radical (unpaired) electrons. The van der Waals surface area contributed by atoms with Gasteiger partial charge in [0, 0.05) is 22.3 Å². The van der Waals surface area contributed by atoms with Crippen LogP contribution in [0.1, 0.15) is 16.7 Å². The molecule has 7 heteroatoms. The lowest BCUT2D eigenvalue weighted by molar-refractivity contribution is -0.384. The smallest absolute Gasteiger partial charge is 0.288 e. The normalized spacial score (nSPS) is 10.8. The van der Waals surface area contributed by atoms with Crippen LogP contribution in [0.15, 0.2) is 40.9 Å². The Morgan fingerprint density at radius 1 is 1.25 bits per heavy atom. The minimum absolute atomic E-state index is 0.0581. The van der Waals surface area contributed by atoms with Crippen molar-refractivity contribution in [3.8, 4) is 0 Å². The summed E-state index contributed by atoms with van der Waals surface area (Å²) in [5.41, 5.74) is 2.94. The number of hydrogen-bond acceptors (Lipinski definition) is 3. The van der Waals surface area contributed by atoms with Crippen molar-refractivity contribution in [2.24, 2.45) is 0 Å². The first-order valence-corrected chi connectivity index (χ1v) is 8.15. The molecule has 2 rings (SSSR count). The molecule has 0 atom stereocenters. The van der Waals surface area contributed by atoms with Crippen LogP contribution in [0.25, 0.3) is 6.08 Å². The molecular formula is C17H14BrClN2O3. The van der Waals surface area contributed by atoms with Gasteiger partial charge in [0.2, 0.25) is 5.91 Å². The largest absolute Gasteiger partial charge is 0.322 e. The van der Waals surface area contributed by atoms with E-state index in [1.807, 2.05) is 26.0 Å². The number of carbonyl (C=O) groups is 1. The molecule has 2 aromatic rings. The lowest BCUT2D eigenvalue weighted by atomic mass is 10.1. The summed E-state index contributed by atoms with van der Waals surface area (Å²) in [6.45, 7) is 3.80. The lowest BCUT2D eigenvalue weighted by Gasteiger charge is -2.10. The van der Waals surface area contributed by atoms with Crippen LogP contribution in [0.5, 0.6) is 0 Å². The summed E-state index contributed by atoms with van der Waals surface area (Å²) in [5, 5.41) is 13.7. The van der Waals surface area contributed by atoms with Crippen molar-refractivity contribution in [3.63, 3.8) is 0 Å². The Kier molecular flexibility index (Phi) is 5.75. The van der Waals surface area contributed by atoms with Gasteiger partial charge in [-0.1, -0.05) is 33.6 Å². The third-order valence-electron chi connectivity index (χ3n) is 3.34. The molecule has 0 saturated carbocycles. The van der Waals surface area contributed by atoms with Gasteiger partial charge in [-0.25, -0.2) is 0 Å². The first-order chi connectivity index (χ1) is 11.3. The number of nitro groups is 1. The van der Waals surface area contributed by atoms with Crippen molar-refractivity contribution in [2.45, 2.75) is 13.8 Å². The highest BCUT2D eigenvalue weighted by molar-refractivity contribution is 9.10. The summed E-state index contributed by atoms with van der Waals surface area (Å²) < 4.78 is 0.944. The predicted molar refractivity (Wildman–Crippen MR) is 99.4 cm³/mol. The number of halogens is 2. The van der Waals surface area contributed by atoms with Crippen molar-refractivity contribution in [2.75, 3.05) is 5.32 Å². The maximum absolute atomic E-state index is 12.1. The first kappa shape index (κ1) is 18.2. The molecule has 0 fully saturated rings. The molecule has 0 heterocycles. The van der Waals surface area contributed by atoms with E-state index in [9.17, 15) is 14.9 Å². The van der Waals surface area contributed by atoms with Crippen LogP contribution in [0.4, 0.5) is 11.4 Å². The number of nitrogens with one attached hydrogen (secondary N) is 1. The van der Waals surface area contributed by atoms with E-state index in [0.29, 0.717) is 5.56 Å². The minimum atomic E-state index is -0.561. The summed E-state index contributed by atoms with van der Waals surface area (Å²) in [5.74, 6) is -0.318. The standard InChI is InChI=1S/C17H14BrClN2O3/c1-10-7-13(18)8-11(2)17(10)20-16(22)6-4-12-3-5-14(19)15(9-12)21(23)24/h3-9H,1-2H3,(H,20,22)/b6-4+. The van der Waals surface area contributed by atoms with Gasteiger partial charge in [0.05, 0.1) is 4.92 Å². The monoisotopic (exact) mass is 408 g/mol. The highest BCUT2D eigenvalue weighted by atomic mass is 79.9. The third-order valence-corrected chi connectivity index (χ3v) is 4.12. The zero-order chi connectivity index (χ0) is 17.9. The summed E-state index contributed by atoms with van der Waals surface area (Å²) in [7, 11) is 0. The van der Waals surface area contributed by atoms with Gasteiger partial charge >= 0.3 is 0 Å². The van der Waals surface area contributed by atoms with Crippen molar-refractivity contribution in [1.29, 1.82) is 0 Å². The second kappa shape index (κ2) is 7.59. The maximum Gasteiger partial charge on any atom is 0.288 e.